The van der Waals surface area contributed by atoms with Crippen LogP contribution in [-0.2, 0) is 20.9 Å². The molecule has 0 atom stereocenters. The van der Waals surface area contributed by atoms with Gasteiger partial charge in [-0.15, -0.1) is 11.3 Å². The molecule has 0 unspecified atom stereocenters. The van der Waals surface area contributed by atoms with Crippen molar-refractivity contribution in [2.24, 2.45) is 0 Å². The third-order valence-corrected chi connectivity index (χ3v) is 5.06. The van der Waals surface area contributed by atoms with E-state index in [0.29, 0.717) is 23.7 Å². The van der Waals surface area contributed by atoms with Crippen molar-refractivity contribution in [2.45, 2.75) is 6.54 Å². The highest BCUT2D eigenvalue weighted by atomic mass is 32.1. The highest BCUT2D eigenvalue weighted by Gasteiger charge is 2.11. The lowest BCUT2D eigenvalue weighted by molar-refractivity contribution is -0.124. The van der Waals surface area contributed by atoms with Crippen molar-refractivity contribution in [1.29, 1.82) is 0 Å². The summed E-state index contributed by atoms with van der Waals surface area (Å²) in [6, 6.07) is 16.9. The van der Waals surface area contributed by atoms with E-state index in [0.717, 1.165) is 4.88 Å². The fraction of sp³-hybridized carbons (Fsp3) is 0.174. The Kier molecular flexibility index (Phi) is 8.22. The molecule has 8 nitrogen and oxygen atoms in total. The minimum absolute atomic E-state index is 0.203. The van der Waals surface area contributed by atoms with Crippen molar-refractivity contribution in [2.75, 3.05) is 25.6 Å². The zero-order valence-electron chi connectivity index (χ0n) is 17.3. The number of esters is 1. The average Bonchev–Trinajstić information content (AvgIpc) is 3.34. The Morgan fingerprint density at radius 3 is 2.44 bits per heavy atom. The number of thiophene rings is 1. The quantitative estimate of drug-likeness (QED) is 0.456. The molecule has 0 aliphatic rings. The predicted octanol–water partition coefficient (Wildman–Crippen LogP) is 3.25. The van der Waals surface area contributed by atoms with Crippen LogP contribution in [0.5, 0.6) is 11.5 Å². The largest absolute Gasteiger partial charge is 0.497 e. The molecule has 2 amide bonds. The van der Waals surface area contributed by atoms with Crippen LogP contribution >= 0.6 is 11.3 Å². The van der Waals surface area contributed by atoms with Gasteiger partial charge >= 0.3 is 5.97 Å². The predicted molar refractivity (Wildman–Crippen MR) is 120 cm³/mol. The van der Waals surface area contributed by atoms with Gasteiger partial charge in [0, 0.05) is 16.6 Å². The fourth-order valence-electron chi connectivity index (χ4n) is 2.60. The first-order chi connectivity index (χ1) is 15.5. The van der Waals surface area contributed by atoms with Crippen molar-refractivity contribution < 1.29 is 28.6 Å². The molecule has 0 saturated heterocycles. The van der Waals surface area contributed by atoms with E-state index in [-0.39, 0.29) is 30.6 Å². The number of benzene rings is 2. The highest BCUT2D eigenvalue weighted by Crippen LogP contribution is 2.17. The number of hydrogen-bond donors (Lipinski definition) is 2. The van der Waals surface area contributed by atoms with Gasteiger partial charge in [0.05, 0.1) is 19.2 Å². The van der Waals surface area contributed by atoms with E-state index in [1.807, 2.05) is 17.5 Å². The second-order valence-corrected chi connectivity index (χ2v) is 7.56. The van der Waals surface area contributed by atoms with Crippen LogP contribution in [0.15, 0.2) is 66.0 Å². The standard InChI is InChI=1S/C23H22N2O6S/c1-29-19-5-2-4-17(12-19)25-22(27)15-30-18-9-7-16(8-10-18)23(28)31-14-21(26)24-13-20-6-3-11-32-20/h2-12H,13-15H2,1H3,(H,24,26)(H,25,27). The molecule has 0 saturated carbocycles. The zero-order valence-corrected chi connectivity index (χ0v) is 18.1. The zero-order chi connectivity index (χ0) is 22.8. The van der Waals surface area contributed by atoms with E-state index in [9.17, 15) is 14.4 Å². The molecule has 166 valence electrons. The minimum atomic E-state index is -0.626. The number of methoxy groups -OCH3 is 1. The van der Waals surface area contributed by atoms with Gasteiger partial charge in [0.1, 0.15) is 11.5 Å². The summed E-state index contributed by atoms with van der Waals surface area (Å²) in [6.45, 7) is -0.177. The normalized spacial score (nSPS) is 10.2. The lowest BCUT2D eigenvalue weighted by Crippen LogP contribution is -2.28. The second kappa shape index (κ2) is 11.5. The summed E-state index contributed by atoms with van der Waals surface area (Å²) in [5.74, 6) is -0.301. The van der Waals surface area contributed by atoms with Crippen molar-refractivity contribution in [3.63, 3.8) is 0 Å². The van der Waals surface area contributed by atoms with Crippen molar-refractivity contribution in [1.82, 2.24) is 5.32 Å². The SMILES string of the molecule is COc1cccc(NC(=O)COc2ccc(C(=O)OCC(=O)NCc3cccs3)cc2)c1. The summed E-state index contributed by atoms with van der Waals surface area (Å²) in [6.07, 6.45) is 0. The van der Waals surface area contributed by atoms with Crippen LogP contribution in [0.2, 0.25) is 0 Å². The minimum Gasteiger partial charge on any atom is -0.497 e. The first-order valence-corrected chi connectivity index (χ1v) is 10.5. The Morgan fingerprint density at radius 1 is 0.906 bits per heavy atom. The molecule has 0 aliphatic heterocycles. The molecule has 1 aromatic heterocycles. The van der Waals surface area contributed by atoms with E-state index in [4.69, 9.17) is 14.2 Å². The van der Waals surface area contributed by atoms with E-state index >= 15 is 0 Å². The topological polar surface area (TPSA) is 103 Å². The fourth-order valence-corrected chi connectivity index (χ4v) is 3.24. The van der Waals surface area contributed by atoms with Crippen LogP contribution in [0.25, 0.3) is 0 Å². The Morgan fingerprint density at radius 2 is 1.72 bits per heavy atom. The van der Waals surface area contributed by atoms with Crippen molar-refractivity contribution in [3.05, 3.63) is 76.5 Å². The highest BCUT2D eigenvalue weighted by molar-refractivity contribution is 7.09. The second-order valence-electron chi connectivity index (χ2n) is 6.53. The van der Waals surface area contributed by atoms with Crippen LogP contribution in [-0.4, -0.2) is 38.1 Å². The molecule has 3 rings (SSSR count). The summed E-state index contributed by atoms with van der Waals surface area (Å²) >= 11 is 1.53. The Bertz CT molecular complexity index is 1050. The maximum atomic E-state index is 12.1. The first-order valence-electron chi connectivity index (χ1n) is 9.66. The number of nitrogens with one attached hydrogen (secondary N) is 2. The summed E-state index contributed by atoms with van der Waals surface area (Å²) < 4.78 is 15.6. The summed E-state index contributed by atoms with van der Waals surface area (Å²) in [5.41, 5.74) is 0.861. The van der Waals surface area contributed by atoms with Gasteiger partial charge in [-0.05, 0) is 47.8 Å². The Balaban J connectivity index is 1.40. The van der Waals surface area contributed by atoms with E-state index in [2.05, 4.69) is 10.6 Å². The molecule has 0 aliphatic carbocycles. The average molecular weight is 455 g/mol. The Hall–Kier alpha value is -3.85. The van der Waals surface area contributed by atoms with Gasteiger partial charge in [-0.3, -0.25) is 9.59 Å². The van der Waals surface area contributed by atoms with Gasteiger partial charge in [-0.2, -0.15) is 0 Å². The molecule has 1 heterocycles. The molecule has 0 spiro atoms. The van der Waals surface area contributed by atoms with Gasteiger partial charge in [0.25, 0.3) is 11.8 Å². The molecule has 0 radical (unpaired) electrons. The van der Waals surface area contributed by atoms with Gasteiger partial charge < -0.3 is 24.8 Å². The number of anilines is 1. The number of rotatable bonds is 10. The van der Waals surface area contributed by atoms with Crippen LogP contribution < -0.4 is 20.1 Å². The van der Waals surface area contributed by atoms with Gasteiger partial charge in [-0.25, -0.2) is 4.79 Å². The third-order valence-electron chi connectivity index (χ3n) is 4.19. The smallest absolute Gasteiger partial charge is 0.338 e. The maximum Gasteiger partial charge on any atom is 0.338 e. The molecule has 2 N–H and O–H groups in total. The molecule has 0 bridgehead atoms. The van der Waals surface area contributed by atoms with Crippen molar-refractivity contribution >= 4 is 34.8 Å². The molecular formula is C23H22N2O6S. The van der Waals surface area contributed by atoms with Crippen molar-refractivity contribution in [3.8, 4) is 11.5 Å². The molecular weight excluding hydrogens is 432 g/mol. The molecule has 0 fully saturated rings. The van der Waals surface area contributed by atoms with E-state index in [1.54, 1.807) is 43.5 Å². The van der Waals surface area contributed by atoms with Gasteiger partial charge in [-0.1, -0.05) is 12.1 Å². The monoisotopic (exact) mass is 454 g/mol. The van der Waals surface area contributed by atoms with Gasteiger partial charge in [0.15, 0.2) is 13.2 Å². The maximum absolute atomic E-state index is 12.1. The number of carbonyl (C=O) groups is 3. The number of carbonyl (C=O) groups excluding carboxylic acids is 3. The molecule has 9 heteroatoms. The summed E-state index contributed by atoms with van der Waals surface area (Å²) in [4.78, 5) is 37.0. The molecule has 32 heavy (non-hydrogen) atoms. The Labute approximate surface area is 189 Å². The lowest BCUT2D eigenvalue weighted by Gasteiger charge is -2.09. The first kappa shape index (κ1) is 22.8. The number of hydrogen-bond acceptors (Lipinski definition) is 7. The summed E-state index contributed by atoms with van der Waals surface area (Å²) in [7, 11) is 1.55. The van der Waals surface area contributed by atoms with Crippen LogP contribution in [0.3, 0.4) is 0 Å². The molecule has 3 aromatic rings. The molecule has 2 aromatic carbocycles. The number of amides is 2. The summed E-state index contributed by atoms with van der Waals surface area (Å²) in [5, 5.41) is 7.31. The van der Waals surface area contributed by atoms with Gasteiger partial charge in [0.2, 0.25) is 0 Å². The lowest BCUT2D eigenvalue weighted by atomic mass is 10.2. The number of ether oxygens (including phenoxy) is 3. The van der Waals surface area contributed by atoms with Crippen LogP contribution in [0.4, 0.5) is 5.69 Å². The van der Waals surface area contributed by atoms with Crippen LogP contribution in [0, 0.1) is 0 Å². The van der Waals surface area contributed by atoms with E-state index in [1.165, 1.54) is 23.5 Å². The van der Waals surface area contributed by atoms with Crippen LogP contribution in [0.1, 0.15) is 15.2 Å². The van der Waals surface area contributed by atoms with E-state index < -0.39 is 5.97 Å². The third kappa shape index (κ3) is 7.13.